The van der Waals surface area contributed by atoms with E-state index in [9.17, 15) is 4.79 Å². The van der Waals surface area contributed by atoms with E-state index in [1.807, 2.05) is 43.3 Å². The fraction of sp³-hybridized carbons (Fsp3) is 0.190. The predicted octanol–water partition coefficient (Wildman–Crippen LogP) is 4.16. The number of hydrogen-bond acceptors (Lipinski definition) is 5. The number of hydrogen-bond donors (Lipinski definition) is 2. The maximum atomic E-state index is 12.4. The summed E-state index contributed by atoms with van der Waals surface area (Å²) >= 11 is 5.98. The van der Waals surface area contributed by atoms with Crippen molar-refractivity contribution in [3.63, 3.8) is 0 Å². The largest absolute Gasteiger partial charge is 0.497 e. The van der Waals surface area contributed by atoms with Crippen molar-refractivity contribution in [1.82, 2.24) is 15.3 Å². The van der Waals surface area contributed by atoms with Gasteiger partial charge in [0.1, 0.15) is 11.4 Å². The van der Waals surface area contributed by atoms with Gasteiger partial charge in [0.15, 0.2) is 0 Å². The summed E-state index contributed by atoms with van der Waals surface area (Å²) in [4.78, 5) is 20.9. The van der Waals surface area contributed by atoms with Crippen molar-refractivity contribution >= 4 is 29.1 Å². The van der Waals surface area contributed by atoms with Gasteiger partial charge >= 0.3 is 0 Å². The van der Waals surface area contributed by atoms with Crippen LogP contribution in [0.1, 0.15) is 21.6 Å². The molecule has 3 rings (SSSR count). The number of methoxy groups -OCH3 is 1. The molecule has 7 heteroatoms. The van der Waals surface area contributed by atoms with Crippen LogP contribution in [0.15, 0.2) is 54.7 Å². The molecule has 0 radical (unpaired) electrons. The fourth-order valence-corrected chi connectivity index (χ4v) is 2.86. The van der Waals surface area contributed by atoms with Crippen molar-refractivity contribution in [2.24, 2.45) is 0 Å². The van der Waals surface area contributed by atoms with Crippen molar-refractivity contribution in [3.05, 3.63) is 76.6 Å². The molecule has 0 bridgehead atoms. The topological polar surface area (TPSA) is 76.1 Å². The van der Waals surface area contributed by atoms with Gasteiger partial charge in [-0.25, -0.2) is 9.97 Å². The molecule has 1 aromatic heterocycles. The number of nitrogens with one attached hydrogen (secondary N) is 2. The Morgan fingerprint density at radius 2 is 1.93 bits per heavy atom. The molecule has 0 saturated carbocycles. The van der Waals surface area contributed by atoms with Gasteiger partial charge in [-0.2, -0.15) is 0 Å². The van der Waals surface area contributed by atoms with Gasteiger partial charge in [-0.1, -0.05) is 23.7 Å². The highest BCUT2D eigenvalue weighted by atomic mass is 35.5. The van der Waals surface area contributed by atoms with Gasteiger partial charge in [0.2, 0.25) is 5.95 Å². The molecule has 2 N–H and O–H groups in total. The van der Waals surface area contributed by atoms with Gasteiger partial charge in [-0.15, -0.1) is 0 Å². The maximum Gasteiger partial charge on any atom is 0.270 e. The minimum Gasteiger partial charge on any atom is -0.497 e. The summed E-state index contributed by atoms with van der Waals surface area (Å²) in [5, 5.41) is 6.66. The average Bonchev–Trinajstić information content (AvgIpc) is 2.71. The Labute approximate surface area is 168 Å². The van der Waals surface area contributed by atoms with Gasteiger partial charge < -0.3 is 15.4 Å². The van der Waals surface area contributed by atoms with Crippen molar-refractivity contribution < 1.29 is 9.53 Å². The molecule has 2 aromatic carbocycles. The Bertz CT molecular complexity index is 961. The van der Waals surface area contributed by atoms with E-state index in [0.29, 0.717) is 23.2 Å². The molecule has 0 saturated heterocycles. The van der Waals surface area contributed by atoms with Crippen molar-refractivity contribution in [3.8, 4) is 5.75 Å². The van der Waals surface area contributed by atoms with E-state index in [2.05, 4.69) is 20.6 Å². The van der Waals surface area contributed by atoms with E-state index in [-0.39, 0.29) is 5.91 Å². The lowest BCUT2D eigenvalue weighted by Gasteiger charge is -2.10. The van der Waals surface area contributed by atoms with Gasteiger partial charge in [0.05, 0.1) is 7.11 Å². The molecule has 144 valence electrons. The van der Waals surface area contributed by atoms with Crippen LogP contribution in [0.25, 0.3) is 0 Å². The molecule has 6 nitrogen and oxygen atoms in total. The monoisotopic (exact) mass is 396 g/mol. The predicted molar refractivity (Wildman–Crippen MR) is 111 cm³/mol. The standard InChI is InChI=1S/C21H21ClN4O2/c1-14-13-16(22)5-8-18(14)25-21-24-12-10-19(26-21)20(27)23-11-9-15-3-6-17(28-2)7-4-15/h3-8,10,12-13H,9,11H2,1-2H3,(H,23,27)(H,24,25,26). The maximum absolute atomic E-state index is 12.4. The lowest BCUT2D eigenvalue weighted by atomic mass is 10.1. The Kier molecular flexibility index (Phi) is 6.45. The lowest BCUT2D eigenvalue weighted by molar-refractivity contribution is 0.0949. The highest BCUT2D eigenvalue weighted by Gasteiger charge is 2.09. The number of amides is 1. The van der Waals surface area contributed by atoms with E-state index >= 15 is 0 Å². The van der Waals surface area contributed by atoms with E-state index < -0.39 is 0 Å². The van der Waals surface area contributed by atoms with Gasteiger partial charge in [0, 0.05) is 23.5 Å². The van der Waals surface area contributed by atoms with Crippen LogP contribution in [0.2, 0.25) is 5.02 Å². The van der Waals surface area contributed by atoms with Gasteiger partial charge in [-0.05, 0) is 60.9 Å². The molecule has 0 fully saturated rings. The van der Waals surface area contributed by atoms with E-state index in [1.54, 1.807) is 25.4 Å². The minimum absolute atomic E-state index is 0.244. The second-order valence-electron chi connectivity index (χ2n) is 6.20. The molecule has 0 aliphatic heterocycles. The quantitative estimate of drug-likeness (QED) is 0.627. The van der Waals surface area contributed by atoms with Crippen molar-refractivity contribution in [1.29, 1.82) is 0 Å². The number of ether oxygens (including phenoxy) is 1. The molecule has 0 aliphatic rings. The average molecular weight is 397 g/mol. The second kappa shape index (κ2) is 9.19. The third kappa shape index (κ3) is 5.20. The first-order valence-electron chi connectivity index (χ1n) is 8.82. The number of nitrogens with zero attached hydrogens (tertiary/aromatic N) is 2. The highest BCUT2D eigenvalue weighted by molar-refractivity contribution is 6.30. The molecule has 1 heterocycles. The molecule has 0 unspecified atom stereocenters. The first kappa shape index (κ1) is 19.6. The van der Waals surface area contributed by atoms with E-state index in [0.717, 1.165) is 29.0 Å². The Hall–Kier alpha value is -3.12. The number of carbonyl (C=O) groups is 1. The minimum atomic E-state index is -0.244. The molecule has 28 heavy (non-hydrogen) atoms. The number of aryl methyl sites for hydroxylation is 1. The van der Waals surface area contributed by atoms with Crippen LogP contribution in [-0.2, 0) is 6.42 Å². The SMILES string of the molecule is COc1ccc(CCNC(=O)c2ccnc(Nc3ccc(Cl)cc3C)n2)cc1. The summed E-state index contributed by atoms with van der Waals surface area (Å²) < 4.78 is 5.14. The Morgan fingerprint density at radius 3 is 2.64 bits per heavy atom. The van der Waals surface area contributed by atoms with Crippen LogP contribution < -0.4 is 15.4 Å². The number of anilines is 2. The lowest BCUT2D eigenvalue weighted by Crippen LogP contribution is -2.26. The normalized spacial score (nSPS) is 10.4. The van der Waals surface area contributed by atoms with E-state index in [1.165, 1.54) is 0 Å². The zero-order chi connectivity index (χ0) is 19.9. The van der Waals surface area contributed by atoms with Crippen LogP contribution in [0.4, 0.5) is 11.6 Å². The summed E-state index contributed by atoms with van der Waals surface area (Å²) in [5.74, 6) is 0.921. The number of rotatable bonds is 7. The van der Waals surface area contributed by atoms with Gasteiger partial charge in [-0.3, -0.25) is 4.79 Å². The number of carbonyl (C=O) groups excluding carboxylic acids is 1. The van der Waals surface area contributed by atoms with Crippen LogP contribution in [0.3, 0.4) is 0 Å². The first-order valence-corrected chi connectivity index (χ1v) is 9.20. The smallest absolute Gasteiger partial charge is 0.270 e. The van der Waals surface area contributed by atoms with Crippen molar-refractivity contribution in [2.45, 2.75) is 13.3 Å². The molecule has 0 spiro atoms. The number of benzene rings is 2. The van der Waals surface area contributed by atoms with Crippen LogP contribution in [-0.4, -0.2) is 29.5 Å². The molecule has 3 aromatic rings. The fourth-order valence-electron chi connectivity index (χ4n) is 2.64. The van der Waals surface area contributed by atoms with Crippen LogP contribution >= 0.6 is 11.6 Å². The molecule has 1 amide bonds. The third-order valence-electron chi connectivity index (χ3n) is 4.18. The zero-order valence-electron chi connectivity index (χ0n) is 15.7. The highest BCUT2D eigenvalue weighted by Crippen LogP contribution is 2.22. The van der Waals surface area contributed by atoms with Gasteiger partial charge in [0.25, 0.3) is 5.91 Å². The summed E-state index contributed by atoms with van der Waals surface area (Å²) in [6.07, 6.45) is 2.27. The zero-order valence-corrected chi connectivity index (χ0v) is 16.5. The molecule has 0 aliphatic carbocycles. The number of halogens is 1. The molecular formula is C21H21ClN4O2. The summed E-state index contributed by atoms with van der Waals surface area (Å²) in [5.41, 5.74) is 3.22. The summed E-state index contributed by atoms with van der Waals surface area (Å²) in [6, 6.07) is 14.8. The number of aromatic nitrogens is 2. The van der Waals surface area contributed by atoms with E-state index in [4.69, 9.17) is 16.3 Å². The Balaban J connectivity index is 1.58. The summed E-state index contributed by atoms with van der Waals surface area (Å²) in [6.45, 7) is 2.44. The Morgan fingerprint density at radius 1 is 1.14 bits per heavy atom. The first-order chi connectivity index (χ1) is 13.5. The van der Waals surface area contributed by atoms with Crippen LogP contribution in [0.5, 0.6) is 5.75 Å². The molecular weight excluding hydrogens is 376 g/mol. The summed E-state index contributed by atoms with van der Waals surface area (Å²) in [7, 11) is 1.63. The van der Waals surface area contributed by atoms with Crippen LogP contribution in [0, 0.1) is 6.92 Å². The second-order valence-corrected chi connectivity index (χ2v) is 6.64. The molecule has 0 atom stereocenters. The third-order valence-corrected chi connectivity index (χ3v) is 4.42. The van der Waals surface area contributed by atoms with Crippen molar-refractivity contribution in [2.75, 3.05) is 19.0 Å².